The van der Waals surface area contributed by atoms with Crippen molar-refractivity contribution in [3.05, 3.63) is 41.5 Å². The molecule has 108 valence electrons. The van der Waals surface area contributed by atoms with Gasteiger partial charge in [0.25, 0.3) is 5.82 Å². The van der Waals surface area contributed by atoms with Crippen molar-refractivity contribution in [2.75, 3.05) is 11.9 Å². The summed E-state index contributed by atoms with van der Waals surface area (Å²) in [5.74, 6) is 0.501. The molecule has 0 amide bonds. The molecule has 0 aliphatic heterocycles. The van der Waals surface area contributed by atoms with Gasteiger partial charge in [-0.3, -0.25) is 4.99 Å². The number of nitrogens with two attached hydrogens (primary N) is 1. The average Bonchev–Trinajstić information content (AvgIpc) is 2.85. The molecular weight excluding hydrogens is 266 g/mol. The van der Waals surface area contributed by atoms with Crippen molar-refractivity contribution in [3.8, 4) is 6.07 Å². The van der Waals surface area contributed by atoms with E-state index >= 15 is 0 Å². The monoisotopic (exact) mass is 283 g/mol. The van der Waals surface area contributed by atoms with E-state index in [0.29, 0.717) is 19.0 Å². The van der Waals surface area contributed by atoms with E-state index in [1.165, 1.54) is 6.33 Å². The fourth-order valence-electron chi connectivity index (χ4n) is 1.96. The van der Waals surface area contributed by atoms with E-state index in [2.05, 4.69) is 26.5 Å². The SMILES string of the molecule is Cc1cc(C)cc(NC(N)=NCCn2cnc(C#N)n2)c1. The number of aliphatic imine (C=N–C) groups is 1. The molecule has 0 fully saturated rings. The Balaban J connectivity index is 1.90. The third-order valence-electron chi connectivity index (χ3n) is 2.74. The van der Waals surface area contributed by atoms with Crippen molar-refractivity contribution in [2.45, 2.75) is 20.4 Å². The highest BCUT2D eigenvalue weighted by molar-refractivity contribution is 5.92. The number of benzene rings is 1. The Bertz CT molecular complexity index is 673. The van der Waals surface area contributed by atoms with Crippen LogP contribution in [-0.4, -0.2) is 27.3 Å². The highest BCUT2D eigenvalue weighted by atomic mass is 15.3. The summed E-state index contributed by atoms with van der Waals surface area (Å²) >= 11 is 0. The quantitative estimate of drug-likeness (QED) is 0.648. The van der Waals surface area contributed by atoms with Gasteiger partial charge in [-0.25, -0.2) is 9.67 Å². The second kappa shape index (κ2) is 6.52. The Morgan fingerprint density at radius 3 is 2.71 bits per heavy atom. The molecular formula is C14H17N7. The summed E-state index contributed by atoms with van der Waals surface area (Å²) < 4.78 is 1.56. The predicted octanol–water partition coefficient (Wildman–Crippen LogP) is 1.19. The van der Waals surface area contributed by atoms with E-state index in [1.807, 2.05) is 32.0 Å². The van der Waals surface area contributed by atoms with Gasteiger partial charge in [-0.05, 0) is 37.1 Å². The maximum absolute atomic E-state index is 8.63. The fraction of sp³-hybridized carbons (Fsp3) is 0.286. The molecule has 0 saturated heterocycles. The molecule has 21 heavy (non-hydrogen) atoms. The van der Waals surface area contributed by atoms with Crippen LogP contribution in [0.4, 0.5) is 5.69 Å². The molecule has 7 nitrogen and oxygen atoms in total. The third-order valence-corrected chi connectivity index (χ3v) is 2.74. The predicted molar refractivity (Wildman–Crippen MR) is 80.8 cm³/mol. The van der Waals surface area contributed by atoms with Crippen LogP contribution in [-0.2, 0) is 6.54 Å². The van der Waals surface area contributed by atoms with E-state index in [0.717, 1.165) is 16.8 Å². The number of nitrogens with zero attached hydrogens (tertiary/aromatic N) is 5. The first-order valence-corrected chi connectivity index (χ1v) is 6.51. The lowest BCUT2D eigenvalue weighted by Crippen LogP contribution is -2.23. The van der Waals surface area contributed by atoms with E-state index in [1.54, 1.807) is 4.68 Å². The topological polar surface area (TPSA) is 105 Å². The lowest BCUT2D eigenvalue weighted by molar-refractivity contribution is 0.622. The maximum Gasteiger partial charge on any atom is 0.252 e. The van der Waals surface area contributed by atoms with Crippen molar-refractivity contribution in [1.82, 2.24) is 14.8 Å². The molecule has 0 saturated carbocycles. The van der Waals surface area contributed by atoms with Crippen LogP contribution in [0.3, 0.4) is 0 Å². The van der Waals surface area contributed by atoms with Crippen LogP contribution in [0.25, 0.3) is 0 Å². The summed E-state index contributed by atoms with van der Waals surface area (Å²) in [6.45, 7) is 5.04. The van der Waals surface area contributed by atoms with Crippen LogP contribution < -0.4 is 11.1 Å². The van der Waals surface area contributed by atoms with Gasteiger partial charge < -0.3 is 11.1 Å². The van der Waals surface area contributed by atoms with Crippen LogP contribution in [0.15, 0.2) is 29.5 Å². The number of rotatable bonds is 4. The van der Waals surface area contributed by atoms with Crippen LogP contribution in [0.2, 0.25) is 0 Å². The molecule has 1 aromatic heterocycles. The third kappa shape index (κ3) is 4.31. The molecule has 0 aliphatic carbocycles. The number of guanidine groups is 1. The summed E-state index contributed by atoms with van der Waals surface area (Å²) in [5, 5.41) is 15.6. The molecule has 0 atom stereocenters. The van der Waals surface area contributed by atoms with Crippen molar-refractivity contribution in [2.24, 2.45) is 10.7 Å². The zero-order chi connectivity index (χ0) is 15.2. The van der Waals surface area contributed by atoms with Gasteiger partial charge in [-0.2, -0.15) is 5.26 Å². The van der Waals surface area contributed by atoms with Crippen LogP contribution in [0, 0.1) is 25.2 Å². The normalized spacial score (nSPS) is 11.2. The molecule has 2 aromatic rings. The summed E-state index contributed by atoms with van der Waals surface area (Å²) in [7, 11) is 0. The average molecular weight is 283 g/mol. The highest BCUT2D eigenvalue weighted by Crippen LogP contribution is 2.13. The van der Waals surface area contributed by atoms with Gasteiger partial charge in [-0.1, -0.05) is 6.07 Å². The molecule has 0 aliphatic rings. The van der Waals surface area contributed by atoms with Crippen LogP contribution in [0.5, 0.6) is 0 Å². The number of hydrogen-bond donors (Lipinski definition) is 2. The summed E-state index contributed by atoms with van der Waals surface area (Å²) in [6.07, 6.45) is 1.50. The summed E-state index contributed by atoms with van der Waals surface area (Å²) in [5.41, 5.74) is 9.09. The van der Waals surface area contributed by atoms with Gasteiger partial charge in [0.2, 0.25) is 0 Å². The lowest BCUT2D eigenvalue weighted by atomic mass is 10.1. The minimum Gasteiger partial charge on any atom is -0.370 e. The van der Waals surface area contributed by atoms with E-state index in [-0.39, 0.29) is 5.82 Å². The van der Waals surface area contributed by atoms with Gasteiger partial charge in [0.05, 0.1) is 13.1 Å². The Hall–Kier alpha value is -2.88. The number of hydrogen-bond acceptors (Lipinski definition) is 4. The molecule has 0 radical (unpaired) electrons. The van der Waals surface area contributed by atoms with Gasteiger partial charge >= 0.3 is 0 Å². The van der Waals surface area contributed by atoms with E-state index < -0.39 is 0 Å². The molecule has 0 unspecified atom stereocenters. The summed E-state index contributed by atoms with van der Waals surface area (Å²) in [4.78, 5) is 8.04. The first-order chi connectivity index (χ1) is 10.1. The number of aryl methyl sites for hydroxylation is 2. The smallest absolute Gasteiger partial charge is 0.252 e. The van der Waals surface area contributed by atoms with Gasteiger partial charge in [0.1, 0.15) is 12.4 Å². The molecule has 3 N–H and O–H groups in total. The molecule has 1 aromatic carbocycles. The summed E-state index contributed by atoms with van der Waals surface area (Å²) in [6, 6.07) is 7.98. The zero-order valence-corrected chi connectivity index (χ0v) is 12.0. The van der Waals surface area contributed by atoms with Gasteiger partial charge in [-0.15, -0.1) is 5.10 Å². The second-order valence-corrected chi connectivity index (χ2v) is 4.71. The Kier molecular flexibility index (Phi) is 4.51. The molecule has 7 heteroatoms. The molecule has 0 spiro atoms. The van der Waals surface area contributed by atoms with Crippen LogP contribution >= 0.6 is 0 Å². The first kappa shape index (κ1) is 14.5. The Morgan fingerprint density at radius 2 is 2.10 bits per heavy atom. The maximum atomic E-state index is 8.63. The molecule has 1 heterocycles. The van der Waals surface area contributed by atoms with Crippen molar-refractivity contribution in [3.63, 3.8) is 0 Å². The largest absolute Gasteiger partial charge is 0.370 e. The van der Waals surface area contributed by atoms with E-state index in [4.69, 9.17) is 11.0 Å². The first-order valence-electron chi connectivity index (χ1n) is 6.51. The molecule has 2 rings (SSSR count). The van der Waals surface area contributed by atoms with Crippen LogP contribution in [0.1, 0.15) is 17.0 Å². The minimum absolute atomic E-state index is 0.153. The molecule has 0 bridgehead atoms. The van der Waals surface area contributed by atoms with Crippen molar-refractivity contribution < 1.29 is 0 Å². The number of nitriles is 1. The Morgan fingerprint density at radius 1 is 1.38 bits per heavy atom. The Labute approximate surface area is 123 Å². The lowest BCUT2D eigenvalue weighted by Gasteiger charge is -2.08. The number of nitrogens with one attached hydrogen (secondary N) is 1. The number of aromatic nitrogens is 3. The van der Waals surface area contributed by atoms with Crippen molar-refractivity contribution >= 4 is 11.6 Å². The zero-order valence-electron chi connectivity index (χ0n) is 12.0. The highest BCUT2D eigenvalue weighted by Gasteiger charge is 1.99. The van der Waals surface area contributed by atoms with E-state index in [9.17, 15) is 0 Å². The minimum atomic E-state index is 0.153. The fourth-order valence-corrected chi connectivity index (χ4v) is 1.96. The number of anilines is 1. The van der Waals surface area contributed by atoms with Crippen molar-refractivity contribution in [1.29, 1.82) is 5.26 Å². The standard InChI is InChI=1S/C14H17N7/c1-10-5-11(2)7-12(6-10)19-14(16)17-3-4-21-9-18-13(8-15)20-21/h5-7,9H,3-4H2,1-2H3,(H3,16,17,19). The van der Waals surface area contributed by atoms with Gasteiger partial charge in [0.15, 0.2) is 5.96 Å². The second-order valence-electron chi connectivity index (χ2n) is 4.71. The van der Waals surface area contributed by atoms with Gasteiger partial charge in [0, 0.05) is 5.69 Å².